The number of nitriles is 1. The van der Waals surface area contributed by atoms with Crippen molar-refractivity contribution >= 4 is 11.6 Å². The topological polar surface area (TPSA) is 83.4 Å². The lowest BCUT2D eigenvalue weighted by molar-refractivity contribution is -0.116. The Balaban J connectivity index is 1.39. The minimum absolute atomic E-state index is 0.0714. The molecule has 1 aliphatic rings. The second kappa shape index (κ2) is 7.49. The van der Waals surface area contributed by atoms with Gasteiger partial charge in [-0.05, 0) is 42.0 Å². The third-order valence-corrected chi connectivity index (χ3v) is 3.59. The van der Waals surface area contributed by atoms with E-state index in [4.69, 9.17) is 14.7 Å². The van der Waals surface area contributed by atoms with E-state index in [1.165, 1.54) is 0 Å². The maximum Gasteiger partial charge on any atom is 0.231 e. The van der Waals surface area contributed by atoms with Crippen LogP contribution in [0.2, 0.25) is 0 Å². The monoisotopic (exact) mass is 323 g/mol. The molecule has 6 heteroatoms. The van der Waals surface area contributed by atoms with Gasteiger partial charge < -0.3 is 20.1 Å². The van der Waals surface area contributed by atoms with E-state index in [0.717, 1.165) is 17.1 Å². The molecule has 2 aromatic carbocycles. The summed E-state index contributed by atoms with van der Waals surface area (Å²) >= 11 is 0. The fourth-order valence-corrected chi connectivity index (χ4v) is 2.34. The van der Waals surface area contributed by atoms with Crippen molar-refractivity contribution < 1.29 is 14.3 Å². The summed E-state index contributed by atoms with van der Waals surface area (Å²) in [5.41, 5.74) is 2.33. The Kier molecular flexibility index (Phi) is 4.94. The molecule has 2 N–H and O–H groups in total. The Hall–Kier alpha value is -3.04. The predicted molar refractivity (Wildman–Crippen MR) is 88.7 cm³/mol. The van der Waals surface area contributed by atoms with Gasteiger partial charge in [0.2, 0.25) is 12.7 Å². The van der Waals surface area contributed by atoms with Crippen molar-refractivity contribution in [3.63, 3.8) is 0 Å². The zero-order chi connectivity index (χ0) is 16.8. The van der Waals surface area contributed by atoms with Crippen LogP contribution in [0, 0.1) is 11.3 Å². The highest BCUT2D eigenvalue weighted by Gasteiger charge is 2.12. The molecule has 1 heterocycles. The van der Waals surface area contributed by atoms with Gasteiger partial charge in [0.1, 0.15) is 0 Å². The summed E-state index contributed by atoms with van der Waals surface area (Å²) in [5.74, 6) is 1.45. The van der Waals surface area contributed by atoms with E-state index in [9.17, 15) is 4.79 Å². The van der Waals surface area contributed by atoms with Gasteiger partial charge in [-0.2, -0.15) is 5.26 Å². The summed E-state index contributed by atoms with van der Waals surface area (Å²) in [7, 11) is 0. The van der Waals surface area contributed by atoms with E-state index in [-0.39, 0.29) is 12.7 Å². The number of anilines is 1. The lowest BCUT2D eigenvalue weighted by Crippen LogP contribution is -2.21. The van der Waals surface area contributed by atoms with Crippen molar-refractivity contribution in [1.82, 2.24) is 5.32 Å². The first-order chi connectivity index (χ1) is 11.7. The first kappa shape index (κ1) is 15.8. The van der Waals surface area contributed by atoms with Crippen molar-refractivity contribution in [3.8, 4) is 17.6 Å². The van der Waals surface area contributed by atoms with Crippen molar-refractivity contribution in [2.45, 2.75) is 13.0 Å². The molecule has 3 rings (SSSR count). The second-order valence-electron chi connectivity index (χ2n) is 5.35. The minimum Gasteiger partial charge on any atom is -0.454 e. The molecule has 0 atom stereocenters. The Morgan fingerprint density at radius 3 is 2.71 bits per heavy atom. The Morgan fingerprint density at radius 2 is 1.92 bits per heavy atom. The highest BCUT2D eigenvalue weighted by molar-refractivity contribution is 5.90. The number of carbonyl (C=O) groups excluding carboxylic acids is 1. The van der Waals surface area contributed by atoms with E-state index in [2.05, 4.69) is 10.6 Å². The van der Waals surface area contributed by atoms with Gasteiger partial charge in [-0.1, -0.05) is 6.07 Å². The SMILES string of the molecule is N#Cc1ccc(NC(=O)CCNCc2ccc3c(c2)OCO3)cc1. The third-order valence-electron chi connectivity index (χ3n) is 3.59. The number of hydrogen-bond acceptors (Lipinski definition) is 5. The first-order valence-corrected chi connectivity index (χ1v) is 7.64. The average Bonchev–Trinajstić information content (AvgIpc) is 3.07. The molecule has 0 spiro atoms. The largest absolute Gasteiger partial charge is 0.454 e. The smallest absolute Gasteiger partial charge is 0.231 e. The number of fused-ring (bicyclic) bond motifs is 1. The minimum atomic E-state index is -0.0714. The summed E-state index contributed by atoms with van der Waals surface area (Å²) < 4.78 is 10.6. The van der Waals surface area contributed by atoms with Crippen LogP contribution < -0.4 is 20.1 Å². The van der Waals surface area contributed by atoms with Crippen LogP contribution in [0.25, 0.3) is 0 Å². The number of nitrogens with one attached hydrogen (secondary N) is 2. The molecule has 122 valence electrons. The van der Waals surface area contributed by atoms with E-state index >= 15 is 0 Å². The van der Waals surface area contributed by atoms with Crippen LogP contribution >= 0.6 is 0 Å². The Labute approximate surface area is 140 Å². The number of amides is 1. The predicted octanol–water partition coefficient (Wildman–Crippen LogP) is 2.41. The molecule has 0 saturated heterocycles. The van der Waals surface area contributed by atoms with Crippen LogP contribution in [0.5, 0.6) is 11.5 Å². The summed E-state index contributed by atoms with van der Waals surface area (Å²) in [5, 5.41) is 14.8. The Bertz CT molecular complexity index is 766. The average molecular weight is 323 g/mol. The molecule has 0 fully saturated rings. The zero-order valence-corrected chi connectivity index (χ0v) is 13.0. The quantitative estimate of drug-likeness (QED) is 0.798. The molecule has 6 nitrogen and oxygen atoms in total. The molecule has 0 saturated carbocycles. The lowest BCUT2D eigenvalue weighted by Gasteiger charge is -2.07. The normalized spacial score (nSPS) is 11.8. The summed E-state index contributed by atoms with van der Waals surface area (Å²) in [4.78, 5) is 11.9. The molecular formula is C18H17N3O3. The number of ether oxygens (including phenoxy) is 2. The molecule has 0 aromatic heterocycles. The number of hydrogen-bond donors (Lipinski definition) is 2. The highest BCUT2D eigenvalue weighted by Crippen LogP contribution is 2.32. The lowest BCUT2D eigenvalue weighted by atomic mass is 10.2. The van der Waals surface area contributed by atoms with Crippen molar-refractivity contribution in [3.05, 3.63) is 53.6 Å². The third kappa shape index (κ3) is 4.03. The van der Waals surface area contributed by atoms with Crippen molar-refractivity contribution in [1.29, 1.82) is 5.26 Å². The molecule has 24 heavy (non-hydrogen) atoms. The highest BCUT2D eigenvalue weighted by atomic mass is 16.7. The molecule has 0 unspecified atom stereocenters. The number of rotatable bonds is 6. The number of carbonyl (C=O) groups is 1. The van der Waals surface area contributed by atoms with Gasteiger partial charge in [-0.15, -0.1) is 0 Å². The summed E-state index contributed by atoms with van der Waals surface area (Å²) in [6, 6.07) is 14.6. The Morgan fingerprint density at radius 1 is 1.12 bits per heavy atom. The summed E-state index contributed by atoms with van der Waals surface area (Å²) in [6.07, 6.45) is 0.366. The number of benzene rings is 2. The molecule has 1 aliphatic heterocycles. The van der Waals surface area contributed by atoms with Crippen LogP contribution in [0.4, 0.5) is 5.69 Å². The van der Waals surface area contributed by atoms with Crippen LogP contribution in [-0.2, 0) is 11.3 Å². The molecule has 2 aromatic rings. The zero-order valence-electron chi connectivity index (χ0n) is 13.0. The van der Waals surface area contributed by atoms with Gasteiger partial charge >= 0.3 is 0 Å². The van der Waals surface area contributed by atoms with E-state index in [0.29, 0.717) is 30.8 Å². The van der Waals surface area contributed by atoms with Gasteiger partial charge in [0, 0.05) is 25.2 Å². The fourth-order valence-electron chi connectivity index (χ4n) is 2.34. The van der Waals surface area contributed by atoms with Gasteiger partial charge in [-0.3, -0.25) is 4.79 Å². The van der Waals surface area contributed by atoms with Gasteiger partial charge in [0.05, 0.1) is 11.6 Å². The van der Waals surface area contributed by atoms with Crippen LogP contribution in [0.1, 0.15) is 17.5 Å². The standard InChI is InChI=1S/C18H17N3O3/c19-10-13-1-4-15(5-2-13)21-18(22)7-8-20-11-14-3-6-16-17(9-14)24-12-23-16/h1-6,9,20H,7-8,11-12H2,(H,21,22). The molecule has 1 amide bonds. The maximum absolute atomic E-state index is 11.9. The van der Waals surface area contributed by atoms with Gasteiger partial charge in [0.25, 0.3) is 0 Å². The van der Waals surface area contributed by atoms with E-state index in [1.807, 2.05) is 24.3 Å². The van der Waals surface area contributed by atoms with Crippen molar-refractivity contribution in [2.24, 2.45) is 0 Å². The molecule has 0 radical (unpaired) electrons. The maximum atomic E-state index is 11.9. The van der Waals surface area contributed by atoms with Crippen LogP contribution in [0.3, 0.4) is 0 Å². The van der Waals surface area contributed by atoms with E-state index < -0.39 is 0 Å². The first-order valence-electron chi connectivity index (χ1n) is 7.64. The molecule has 0 bridgehead atoms. The molecular weight excluding hydrogens is 306 g/mol. The van der Waals surface area contributed by atoms with Crippen LogP contribution in [-0.4, -0.2) is 19.2 Å². The van der Waals surface area contributed by atoms with Crippen molar-refractivity contribution in [2.75, 3.05) is 18.7 Å². The molecule has 0 aliphatic carbocycles. The van der Waals surface area contributed by atoms with Crippen LogP contribution in [0.15, 0.2) is 42.5 Å². The summed E-state index contributed by atoms with van der Waals surface area (Å²) in [6.45, 7) is 1.49. The number of nitrogens with zero attached hydrogens (tertiary/aromatic N) is 1. The second-order valence-corrected chi connectivity index (χ2v) is 5.35. The van der Waals surface area contributed by atoms with Gasteiger partial charge in [-0.25, -0.2) is 0 Å². The van der Waals surface area contributed by atoms with Gasteiger partial charge in [0.15, 0.2) is 11.5 Å². The van der Waals surface area contributed by atoms with E-state index in [1.54, 1.807) is 24.3 Å². The fraction of sp³-hybridized carbons (Fsp3) is 0.222.